The van der Waals surface area contributed by atoms with Gasteiger partial charge in [0.1, 0.15) is 0 Å². The molecule has 0 spiro atoms. The number of allylic oxidation sites excluding steroid dienone is 2. The summed E-state index contributed by atoms with van der Waals surface area (Å²) in [6, 6.07) is 0. The van der Waals surface area contributed by atoms with Gasteiger partial charge >= 0.3 is 0 Å². The van der Waals surface area contributed by atoms with Crippen LogP contribution < -0.4 is 10.7 Å². The molecule has 76 valence electrons. The highest BCUT2D eigenvalue weighted by molar-refractivity contribution is 7.80. The van der Waals surface area contributed by atoms with Crippen molar-refractivity contribution in [2.24, 2.45) is 16.9 Å². The maximum absolute atomic E-state index is 5.02. The Morgan fingerprint density at radius 2 is 2.57 bits per heavy atom. The van der Waals surface area contributed by atoms with Crippen LogP contribution in [0.15, 0.2) is 17.3 Å². The number of nitrogens with one attached hydrogen (secondary N) is 2. The molecule has 1 saturated carbocycles. The van der Waals surface area contributed by atoms with E-state index in [0.717, 1.165) is 18.9 Å². The normalized spacial score (nSPS) is 31.1. The van der Waals surface area contributed by atoms with E-state index in [1.54, 1.807) is 0 Å². The molecule has 4 heteroatoms. The Labute approximate surface area is 89.6 Å². The lowest BCUT2D eigenvalue weighted by atomic mass is 9.74. The predicted octanol–water partition coefficient (Wildman–Crippen LogP) is 1.42. The lowest BCUT2D eigenvalue weighted by Crippen LogP contribution is -2.38. The van der Waals surface area contributed by atoms with Crippen molar-refractivity contribution >= 4 is 23.0 Å². The van der Waals surface area contributed by atoms with E-state index >= 15 is 0 Å². The molecule has 2 N–H and O–H groups in total. The van der Waals surface area contributed by atoms with Crippen molar-refractivity contribution in [1.82, 2.24) is 10.7 Å². The fraction of sp³-hybridized carbons (Fsp3) is 0.600. The van der Waals surface area contributed by atoms with E-state index in [9.17, 15) is 0 Å². The van der Waals surface area contributed by atoms with E-state index in [1.807, 2.05) is 6.92 Å². The van der Waals surface area contributed by atoms with Crippen molar-refractivity contribution in [2.75, 3.05) is 6.54 Å². The minimum atomic E-state index is 0.590. The molecule has 14 heavy (non-hydrogen) atoms. The zero-order valence-corrected chi connectivity index (χ0v) is 9.10. The minimum Gasteiger partial charge on any atom is -0.362 e. The van der Waals surface area contributed by atoms with Gasteiger partial charge in [-0.15, -0.1) is 0 Å². The van der Waals surface area contributed by atoms with Gasteiger partial charge in [-0.2, -0.15) is 5.10 Å². The molecular formula is C10H15N3S. The molecule has 2 atom stereocenters. The maximum atomic E-state index is 5.02. The van der Waals surface area contributed by atoms with E-state index in [0.29, 0.717) is 11.0 Å². The van der Waals surface area contributed by atoms with Gasteiger partial charge in [-0.3, -0.25) is 5.43 Å². The molecule has 0 heterocycles. The van der Waals surface area contributed by atoms with Crippen molar-refractivity contribution in [1.29, 1.82) is 0 Å². The molecule has 0 aliphatic heterocycles. The summed E-state index contributed by atoms with van der Waals surface area (Å²) in [5, 5.41) is 7.92. The molecule has 0 aromatic carbocycles. The zero-order valence-electron chi connectivity index (χ0n) is 8.29. The first-order valence-corrected chi connectivity index (χ1v) is 5.49. The molecule has 3 nitrogen and oxygen atoms in total. The monoisotopic (exact) mass is 209 g/mol. The second-order valence-electron chi connectivity index (χ2n) is 3.73. The average molecular weight is 209 g/mol. The van der Waals surface area contributed by atoms with Crippen LogP contribution in [-0.4, -0.2) is 17.4 Å². The van der Waals surface area contributed by atoms with E-state index in [1.165, 1.54) is 12.1 Å². The van der Waals surface area contributed by atoms with E-state index in [2.05, 4.69) is 28.0 Å². The van der Waals surface area contributed by atoms with Crippen LogP contribution in [-0.2, 0) is 0 Å². The van der Waals surface area contributed by atoms with Gasteiger partial charge in [0.2, 0.25) is 0 Å². The van der Waals surface area contributed by atoms with Crippen LogP contribution in [0.3, 0.4) is 0 Å². The predicted molar refractivity (Wildman–Crippen MR) is 62.2 cm³/mol. The SMILES string of the molecule is CCNC(=S)NN=C1CC2CC=CC12. The van der Waals surface area contributed by atoms with Gasteiger partial charge in [0.25, 0.3) is 0 Å². The highest BCUT2D eigenvalue weighted by atomic mass is 32.1. The van der Waals surface area contributed by atoms with Gasteiger partial charge in [0.05, 0.1) is 0 Å². The third-order valence-corrected chi connectivity index (χ3v) is 3.02. The van der Waals surface area contributed by atoms with Gasteiger partial charge in [-0.1, -0.05) is 12.2 Å². The maximum Gasteiger partial charge on any atom is 0.186 e. The number of nitrogens with zero attached hydrogens (tertiary/aromatic N) is 1. The van der Waals surface area contributed by atoms with Crippen LogP contribution in [0.2, 0.25) is 0 Å². The third kappa shape index (κ3) is 1.80. The van der Waals surface area contributed by atoms with Crippen LogP contribution >= 0.6 is 12.2 Å². The van der Waals surface area contributed by atoms with Gasteiger partial charge < -0.3 is 5.32 Å². The number of thiocarbonyl (C=S) groups is 1. The highest BCUT2D eigenvalue weighted by Crippen LogP contribution is 2.39. The molecule has 2 aliphatic carbocycles. The topological polar surface area (TPSA) is 36.4 Å². The summed E-state index contributed by atoms with van der Waals surface area (Å²) in [6.45, 7) is 2.85. The Balaban J connectivity index is 1.82. The second-order valence-corrected chi connectivity index (χ2v) is 4.14. The number of fused-ring (bicyclic) bond motifs is 1. The Morgan fingerprint density at radius 3 is 3.29 bits per heavy atom. The number of hydrogen-bond acceptors (Lipinski definition) is 2. The van der Waals surface area contributed by atoms with Crippen LogP contribution in [0.5, 0.6) is 0 Å². The van der Waals surface area contributed by atoms with Gasteiger partial charge in [-0.25, -0.2) is 0 Å². The molecule has 1 fully saturated rings. The molecule has 0 saturated heterocycles. The summed E-state index contributed by atoms with van der Waals surface area (Å²) < 4.78 is 0. The Morgan fingerprint density at radius 1 is 1.71 bits per heavy atom. The van der Waals surface area contributed by atoms with E-state index < -0.39 is 0 Å². The average Bonchev–Trinajstić information content (AvgIpc) is 2.48. The third-order valence-electron chi connectivity index (χ3n) is 2.78. The van der Waals surface area contributed by atoms with E-state index in [4.69, 9.17) is 12.2 Å². The van der Waals surface area contributed by atoms with Gasteiger partial charge in [-0.05, 0) is 37.9 Å². The van der Waals surface area contributed by atoms with Gasteiger partial charge in [0.15, 0.2) is 5.11 Å². The molecular weight excluding hydrogens is 194 g/mol. The summed E-state index contributed by atoms with van der Waals surface area (Å²) in [7, 11) is 0. The first-order chi connectivity index (χ1) is 6.81. The lowest BCUT2D eigenvalue weighted by molar-refractivity contribution is 0.444. The number of hydrogen-bond donors (Lipinski definition) is 2. The van der Waals surface area contributed by atoms with E-state index in [-0.39, 0.29) is 0 Å². The molecule has 0 bridgehead atoms. The molecule has 0 aromatic heterocycles. The zero-order chi connectivity index (χ0) is 9.97. The summed E-state index contributed by atoms with van der Waals surface area (Å²) in [6.07, 6.45) is 6.85. The number of rotatable bonds is 2. The van der Waals surface area contributed by atoms with Crippen LogP contribution in [0.4, 0.5) is 0 Å². The van der Waals surface area contributed by atoms with Crippen LogP contribution in [0.1, 0.15) is 19.8 Å². The standard InChI is InChI=1S/C10H15N3S/c1-2-11-10(14)13-12-9-6-7-4-3-5-8(7)9/h3,5,7-8H,2,4,6H2,1H3,(H2,11,13,14). The smallest absolute Gasteiger partial charge is 0.186 e. The fourth-order valence-electron chi connectivity index (χ4n) is 1.98. The summed E-state index contributed by atoms with van der Waals surface area (Å²) in [5.41, 5.74) is 4.11. The first kappa shape index (κ1) is 9.65. The first-order valence-electron chi connectivity index (χ1n) is 5.08. The van der Waals surface area contributed by atoms with Crippen molar-refractivity contribution < 1.29 is 0 Å². The summed E-state index contributed by atoms with van der Waals surface area (Å²) in [4.78, 5) is 0. The minimum absolute atomic E-state index is 0.590. The Kier molecular flexibility index (Phi) is 2.82. The Hall–Kier alpha value is -0.900. The Bertz CT molecular complexity index is 296. The second kappa shape index (κ2) is 4.09. The molecule has 0 aromatic rings. The summed E-state index contributed by atoms with van der Waals surface area (Å²) >= 11 is 5.02. The largest absolute Gasteiger partial charge is 0.362 e. The highest BCUT2D eigenvalue weighted by Gasteiger charge is 2.37. The fourth-order valence-corrected chi connectivity index (χ4v) is 2.17. The number of hydrazone groups is 1. The van der Waals surface area contributed by atoms with Crippen molar-refractivity contribution in [3.63, 3.8) is 0 Å². The molecule has 0 radical (unpaired) electrons. The van der Waals surface area contributed by atoms with Crippen LogP contribution in [0.25, 0.3) is 0 Å². The van der Waals surface area contributed by atoms with Crippen molar-refractivity contribution in [2.45, 2.75) is 19.8 Å². The molecule has 2 aliphatic rings. The van der Waals surface area contributed by atoms with Gasteiger partial charge in [0, 0.05) is 18.2 Å². The van der Waals surface area contributed by atoms with Crippen LogP contribution in [0, 0.1) is 11.8 Å². The lowest BCUT2D eigenvalue weighted by Gasteiger charge is -2.31. The molecule has 0 amide bonds. The molecule has 2 unspecified atom stereocenters. The summed E-state index contributed by atoms with van der Waals surface area (Å²) in [5.74, 6) is 1.41. The van der Waals surface area contributed by atoms with Crippen molar-refractivity contribution in [3.05, 3.63) is 12.2 Å². The van der Waals surface area contributed by atoms with Crippen molar-refractivity contribution in [3.8, 4) is 0 Å². The molecule has 2 rings (SSSR count). The quantitative estimate of drug-likeness (QED) is 0.410.